The maximum absolute atomic E-state index is 5.99. The molecule has 6 heteroatoms. The van der Waals surface area contributed by atoms with Crippen LogP contribution in [0.5, 0.6) is 0 Å². The van der Waals surface area contributed by atoms with Crippen LogP contribution in [-0.2, 0) is 12.8 Å². The fourth-order valence-corrected chi connectivity index (χ4v) is 4.79. The summed E-state index contributed by atoms with van der Waals surface area (Å²) in [6, 6.07) is 0. The van der Waals surface area contributed by atoms with Gasteiger partial charge in [0.15, 0.2) is 5.82 Å². The number of nitrogens with two attached hydrogens (primary N) is 1. The van der Waals surface area contributed by atoms with Crippen LogP contribution in [0.1, 0.15) is 23.3 Å². The Bertz CT molecular complexity index is 890. The maximum atomic E-state index is 5.99. The minimum absolute atomic E-state index is 0.367. The molecule has 2 aliphatic heterocycles. The second kappa shape index (κ2) is 4.39. The van der Waals surface area contributed by atoms with Crippen LogP contribution >= 0.6 is 11.3 Å². The summed E-state index contributed by atoms with van der Waals surface area (Å²) in [4.78, 5) is 16.9. The first-order chi connectivity index (χ1) is 10.8. The molecule has 0 spiro atoms. The van der Waals surface area contributed by atoms with Crippen molar-refractivity contribution in [1.82, 2.24) is 9.97 Å². The summed E-state index contributed by atoms with van der Waals surface area (Å²) in [5.41, 5.74) is 10.9. The third kappa shape index (κ3) is 1.67. The molecule has 5 rings (SSSR count). The summed E-state index contributed by atoms with van der Waals surface area (Å²) in [7, 11) is 0. The van der Waals surface area contributed by atoms with Crippen LogP contribution in [0, 0.1) is 0 Å². The summed E-state index contributed by atoms with van der Waals surface area (Å²) in [5, 5.41) is 0. The maximum Gasteiger partial charge on any atom is 0.222 e. The molecule has 0 radical (unpaired) electrons. The Kier molecular flexibility index (Phi) is 2.47. The first-order valence-corrected chi connectivity index (χ1v) is 8.40. The molecule has 4 heterocycles. The first-order valence-electron chi connectivity index (χ1n) is 7.58. The lowest BCUT2D eigenvalue weighted by Gasteiger charge is -2.15. The van der Waals surface area contributed by atoms with Gasteiger partial charge in [-0.1, -0.05) is 0 Å². The van der Waals surface area contributed by atoms with Crippen molar-refractivity contribution in [2.45, 2.75) is 25.7 Å². The monoisotopic (exact) mass is 309 g/mol. The highest BCUT2D eigenvalue weighted by Crippen LogP contribution is 2.41. The number of nitrogen functional groups attached to an aromatic ring is 1. The molecular weight excluding hydrogens is 294 g/mol. The molecule has 2 aromatic rings. The van der Waals surface area contributed by atoms with Crippen molar-refractivity contribution in [3.63, 3.8) is 0 Å². The first kappa shape index (κ1) is 12.3. The van der Waals surface area contributed by atoms with Crippen molar-refractivity contribution in [2.75, 3.05) is 17.2 Å². The van der Waals surface area contributed by atoms with Gasteiger partial charge in [-0.05, 0) is 31.2 Å². The highest BCUT2D eigenvalue weighted by molar-refractivity contribution is 7.19. The molecule has 0 amide bonds. The largest absolute Gasteiger partial charge is 0.368 e. The molecule has 0 saturated heterocycles. The van der Waals surface area contributed by atoms with E-state index in [0.717, 1.165) is 30.7 Å². The van der Waals surface area contributed by atoms with Gasteiger partial charge in [0.05, 0.1) is 16.8 Å². The Morgan fingerprint density at radius 2 is 2.09 bits per heavy atom. The minimum atomic E-state index is 0.367. The molecule has 0 aromatic carbocycles. The number of nitrogens with zero attached hydrogens (tertiary/aromatic N) is 4. The van der Waals surface area contributed by atoms with Crippen LogP contribution in [0.4, 0.5) is 11.8 Å². The predicted octanol–water partition coefficient (Wildman–Crippen LogP) is 2.82. The normalized spacial score (nSPS) is 19.4. The molecule has 2 aromatic heterocycles. The quantitative estimate of drug-likeness (QED) is 0.879. The van der Waals surface area contributed by atoms with Gasteiger partial charge >= 0.3 is 0 Å². The Morgan fingerprint density at radius 1 is 1.18 bits per heavy atom. The number of thiophene rings is 1. The Morgan fingerprint density at radius 3 is 3.00 bits per heavy atom. The third-order valence-corrected chi connectivity index (χ3v) is 5.79. The number of rotatable bonds is 1. The summed E-state index contributed by atoms with van der Waals surface area (Å²) >= 11 is 1.85. The van der Waals surface area contributed by atoms with Crippen LogP contribution in [0.3, 0.4) is 0 Å². The summed E-state index contributed by atoms with van der Waals surface area (Å²) in [6.07, 6.45) is 10.7. The van der Waals surface area contributed by atoms with E-state index >= 15 is 0 Å². The lowest BCUT2D eigenvalue weighted by atomic mass is 9.98. The zero-order chi connectivity index (χ0) is 14.7. The second-order valence-corrected chi connectivity index (χ2v) is 7.04. The van der Waals surface area contributed by atoms with Crippen LogP contribution in [0.25, 0.3) is 10.2 Å². The predicted molar refractivity (Wildman–Crippen MR) is 90.5 cm³/mol. The lowest BCUT2D eigenvalue weighted by Crippen LogP contribution is -2.16. The molecular formula is C16H15N5S. The third-order valence-electron chi connectivity index (χ3n) is 4.52. The lowest BCUT2D eigenvalue weighted by molar-refractivity contribution is 0.699. The van der Waals surface area contributed by atoms with Crippen LogP contribution in [-0.4, -0.2) is 22.7 Å². The Labute approximate surface area is 131 Å². The number of aromatic nitrogens is 2. The highest BCUT2D eigenvalue weighted by Gasteiger charge is 2.26. The number of fused-ring (bicyclic) bond motifs is 4. The number of aryl methyl sites for hydroxylation is 2. The van der Waals surface area contributed by atoms with E-state index in [9.17, 15) is 0 Å². The van der Waals surface area contributed by atoms with Crippen molar-refractivity contribution in [3.05, 3.63) is 34.0 Å². The topological polar surface area (TPSA) is 67.4 Å². The Hall–Kier alpha value is -2.21. The van der Waals surface area contributed by atoms with E-state index in [-0.39, 0.29) is 0 Å². The SMILES string of the molecule is Nc1nc(N2C=C3C=NC=C3C2)c2sc3c(c2n1)CCCC3. The molecule has 0 fully saturated rings. The van der Waals surface area contributed by atoms with E-state index in [2.05, 4.69) is 26.1 Å². The molecule has 0 saturated carbocycles. The van der Waals surface area contributed by atoms with E-state index in [1.54, 1.807) is 0 Å². The summed E-state index contributed by atoms with van der Waals surface area (Å²) in [6.45, 7) is 0.809. The van der Waals surface area contributed by atoms with Crippen LogP contribution in [0.2, 0.25) is 0 Å². The number of hydrogen-bond donors (Lipinski definition) is 1. The van der Waals surface area contributed by atoms with Gasteiger partial charge in [-0.25, -0.2) is 4.98 Å². The van der Waals surface area contributed by atoms with Crippen molar-refractivity contribution >= 4 is 39.5 Å². The standard InChI is InChI=1S/C16H15N5S/c17-16-19-13-11-3-1-2-4-12(11)22-14(13)15(20-16)21-7-9-5-18-6-10(9)8-21/h5-7H,1-4,8H2,(H2,17,19,20). The van der Waals surface area contributed by atoms with E-state index in [4.69, 9.17) is 5.73 Å². The van der Waals surface area contributed by atoms with E-state index in [1.807, 2.05) is 23.8 Å². The van der Waals surface area contributed by atoms with Gasteiger partial charge in [0.1, 0.15) is 0 Å². The van der Waals surface area contributed by atoms with Gasteiger partial charge in [0.25, 0.3) is 0 Å². The molecule has 3 aliphatic rings. The molecule has 0 atom stereocenters. The molecule has 5 nitrogen and oxygen atoms in total. The molecule has 110 valence electrons. The molecule has 22 heavy (non-hydrogen) atoms. The van der Waals surface area contributed by atoms with Crippen molar-refractivity contribution in [2.24, 2.45) is 4.99 Å². The summed E-state index contributed by atoms with van der Waals surface area (Å²) < 4.78 is 1.18. The average molecular weight is 309 g/mol. The van der Waals surface area contributed by atoms with E-state index in [1.165, 1.54) is 39.1 Å². The zero-order valence-corrected chi connectivity index (χ0v) is 12.9. The van der Waals surface area contributed by atoms with Crippen molar-refractivity contribution in [1.29, 1.82) is 0 Å². The smallest absolute Gasteiger partial charge is 0.222 e. The van der Waals surface area contributed by atoms with Crippen molar-refractivity contribution < 1.29 is 0 Å². The van der Waals surface area contributed by atoms with Crippen LogP contribution in [0.15, 0.2) is 28.5 Å². The van der Waals surface area contributed by atoms with E-state index < -0.39 is 0 Å². The molecule has 2 N–H and O–H groups in total. The van der Waals surface area contributed by atoms with Crippen LogP contribution < -0.4 is 10.6 Å². The minimum Gasteiger partial charge on any atom is -0.368 e. The number of aliphatic imine (C=N–C) groups is 1. The molecule has 0 unspecified atom stereocenters. The van der Waals surface area contributed by atoms with Crippen molar-refractivity contribution in [3.8, 4) is 0 Å². The van der Waals surface area contributed by atoms with Gasteiger partial charge in [0.2, 0.25) is 5.95 Å². The van der Waals surface area contributed by atoms with Gasteiger partial charge in [-0.2, -0.15) is 4.98 Å². The Balaban J connectivity index is 1.71. The zero-order valence-electron chi connectivity index (χ0n) is 12.0. The molecule has 0 bridgehead atoms. The number of hydrogen-bond acceptors (Lipinski definition) is 6. The number of anilines is 2. The average Bonchev–Trinajstić information content (AvgIpc) is 3.18. The van der Waals surface area contributed by atoms with Gasteiger partial charge in [-0.3, -0.25) is 4.99 Å². The van der Waals surface area contributed by atoms with Gasteiger partial charge < -0.3 is 10.6 Å². The second-order valence-electron chi connectivity index (χ2n) is 5.94. The fraction of sp³-hybridized carbons (Fsp3) is 0.312. The summed E-state index contributed by atoms with van der Waals surface area (Å²) in [5.74, 6) is 1.31. The van der Waals surface area contributed by atoms with Gasteiger partial charge in [0, 0.05) is 34.6 Å². The highest BCUT2D eigenvalue weighted by atomic mass is 32.1. The van der Waals surface area contributed by atoms with E-state index in [0.29, 0.717) is 5.95 Å². The van der Waals surface area contributed by atoms with Gasteiger partial charge in [-0.15, -0.1) is 11.3 Å². The fourth-order valence-electron chi connectivity index (χ4n) is 3.46. The molecule has 1 aliphatic carbocycles.